The van der Waals surface area contributed by atoms with Gasteiger partial charge < -0.3 is 24.8 Å². The van der Waals surface area contributed by atoms with Crippen LogP contribution in [0.1, 0.15) is 84.0 Å². The largest absolute Gasteiger partial charge is 0.394 e. The topological polar surface area (TPSA) is 79.2 Å². The molecule has 0 spiro atoms. The fraction of sp³-hybridized carbons (Fsp3) is 0.909. The van der Waals surface area contributed by atoms with Crippen molar-refractivity contribution in [3.63, 3.8) is 0 Å². The number of hydrogen-bond acceptors (Lipinski definition) is 5. The van der Waals surface area contributed by atoms with Gasteiger partial charge in [-0.3, -0.25) is 0 Å². The molecule has 0 bridgehead atoms. The summed E-state index contributed by atoms with van der Waals surface area (Å²) >= 11 is 0. The van der Waals surface area contributed by atoms with E-state index in [1.165, 1.54) is 57.8 Å². The first-order chi connectivity index (χ1) is 13.2. The Hall–Kier alpha value is -0.460. The van der Waals surface area contributed by atoms with Crippen molar-refractivity contribution < 1.29 is 24.8 Å². The van der Waals surface area contributed by atoms with E-state index in [4.69, 9.17) is 9.47 Å². The third-order valence-corrected chi connectivity index (χ3v) is 5.22. The van der Waals surface area contributed by atoms with Gasteiger partial charge in [-0.05, 0) is 32.1 Å². The van der Waals surface area contributed by atoms with E-state index < -0.39 is 24.4 Å². The Morgan fingerprint density at radius 1 is 0.889 bits per heavy atom. The molecule has 160 valence electrons. The van der Waals surface area contributed by atoms with Crippen LogP contribution < -0.4 is 0 Å². The van der Waals surface area contributed by atoms with Crippen LogP contribution in [-0.4, -0.2) is 59.6 Å². The summed E-state index contributed by atoms with van der Waals surface area (Å²) in [6.45, 7) is 2.60. The molecule has 0 aromatic carbocycles. The fourth-order valence-electron chi connectivity index (χ4n) is 3.43. The molecule has 0 saturated carbocycles. The number of unbranched alkanes of at least 4 members (excludes halogenated alkanes) is 10. The van der Waals surface area contributed by atoms with Gasteiger partial charge >= 0.3 is 0 Å². The number of aliphatic hydroxyl groups excluding tert-OH is 3. The van der Waals surface area contributed by atoms with E-state index in [1.54, 1.807) is 0 Å². The van der Waals surface area contributed by atoms with Crippen LogP contribution in [0, 0.1) is 0 Å². The normalized spacial score (nSPS) is 26.1. The lowest BCUT2D eigenvalue weighted by Gasteiger charge is -2.37. The van der Waals surface area contributed by atoms with Gasteiger partial charge in [-0.1, -0.05) is 64.0 Å². The Morgan fingerprint density at radius 3 is 2.11 bits per heavy atom. The van der Waals surface area contributed by atoms with Crippen molar-refractivity contribution in [3.05, 3.63) is 12.2 Å². The van der Waals surface area contributed by atoms with E-state index in [2.05, 4.69) is 19.1 Å². The summed E-state index contributed by atoms with van der Waals surface area (Å²) in [5, 5.41) is 28.9. The highest BCUT2D eigenvalue weighted by Crippen LogP contribution is 2.19. The number of aliphatic hydroxyl groups is 3. The molecule has 4 atom stereocenters. The molecule has 1 saturated heterocycles. The molecule has 1 aliphatic heterocycles. The van der Waals surface area contributed by atoms with Gasteiger partial charge in [0.15, 0.2) is 0 Å². The quantitative estimate of drug-likeness (QED) is 0.278. The summed E-state index contributed by atoms with van der Waals surface area (Å²) in [5.41, 5.74) is 0. The Balaban J connectivity index is 1.93. The van der Waals surface area contributed by atoms with E-state index in [0.717, 1.165) is 19.3 Å². The minimum Gasteiger partial charge on any atom is -0.394 e. The minimum absolute atomic E-state index is 0.0403. The van der Waals surface area contributed by atoms with Crippen LogP contribution >= 0.6 is 0 Å². The molecular weight excluding hydrogens is 344 g/mol. The highest BCUT2D eigenvalue weighted by atomic mass is 16.6. The molecule has 5 nitrogen and oxygen atoms in total. The van der Waals surface area contributed by atoms with E-state index in [0.29, 0.717) is 6.61 Å². The second-order valence-electron chi connectivity index (χ2n) is 7.68. The van der Waals surface area contributed by atoms with Crippen molar-refractivity contribution in [2.24, 2.45) is 0 Å². The summed E-state index contributed by atoms with van der Waals surface area (Å²) < 4.78 is 11.0. The van der Waals surface area contributed by atoms with Crippen LogP contribution in [0.5, 0.6) is 0 Å². The summed E-state index contributed by atoms with van der Waals surface area (Å²) in [4.78, 5) is 0. The Bertz CT molecular complexity index is 359. The van der Waals surface area contributed by atoms with Crippen LogP contribution in [-0.2, 0) is 9.47 Å². The van der Waals surface area contributed by atoms with Crippen molar-refractivity contribution >= 4 is 0 Å². The molecule has 1 rings (SSSR count). The smallest absolute Gasteiger partial charge is 0.114 e. The lowest BCUT2D eigenvalue weighted by Crippen LogP contribution is -2.55. The van der Waals surface area contributed by atoms with Crippen LogP contribution in [0.15, 0.2) is 12.2 Å². The average molecular weight is 387 g/mol. The predicted octanol–water partition coefficient (Wildman–Crippen LogP) is 3.74. The molecule has 0 aliphatic carbocycles. The predicted molar refractivity (Wildman–Crippen MR) is 109 cm³/mol. The summed E-state index contributed by atoms with van der Waals surface area (Å²) in [5.74, 6) is 0. The zero-order valence-electron chi connectivity index (χ0n) is 17.2. The lowest BCUT2D eigenvalue weighted by molar-refractivity contribution is -0.211. The Kier molecular flexibility index (Phi) is 15.0. The van der Waals surface area contributed by atoms with Gasteiger partial charge in [0.05, 0.1) is 13.2 Å². The highest BCUT2D eigenvalue weighted by Gasteiger charge is 2.39. The summed E-state index contributed by atoms with van der Waals surface area (Å²) in [6.07, 6.45) is 16.3. The fourth-order valence-corrected chi connectivity index (χ4v) is 3.43. The van der Waals surface area contributed by atoms with E-state index in [9.17, 15) is 15.3 Å². The van der Waals surface area contributed by atoms with Crippen molar-refractivity contribution in [1.29, 1.82) is 0 Å². The lowest BCUT2D eigenvalue weighted by atomic mass is 10.0. The van der Waals surface area contributed by atoms with Gasteiger partial charge in [0, 0.05) is 6.61 Å². The summed E-state index contributed by atoms with van der Waals surface area (Å²) in [6, 6.07) is 0. The van der Waals surface area contributed by atoms with Crippen molar-refractivity contribution in [2.45, 2.75) is 108 Å². The second-order valence-corrected chi connectivity index (χ2v) is 7.68. The van der Waals surface area contributed by atoms with Gasteiger partial charge in [-0.2, -0.15) is 0 Å². The Labute approximate surface area is 165 Å². The maximum Gasteiger partial charge on any atom is 0.114 e. The second kappa shape index (κ2) is 16.5. The number of allylic oxidation sites excluding steroid dienone is 2. The van der Waals surface area contributed by atoms with Gasteiger partial charge in [0.1, 0.15) is 24.4 Å². The van der Waals surface area contributed by atoms with Gasteiger partial charge in [-0.15, -0.1) is 0 Å². The average Bonchev–Trinajstić information content (AvgIpc) is 2.68. The molecule has 0 radical (unpaired) electrons. The molecule has 5 heteroatoms. The van der Waals surface area contributed by atoms with Gasteiger partial charge in [-0.25, -0.2) is 0 Å². The molecule has 27 heavy (non-hydrogen) atoms. The van der Waals surface area contributed by atoms with Crippen molar-refractivity contribution in [1.82, 2.24) is 0 Å². The van der Waals surface area contributed by atoms with E-state index >= 15 is 0 Å². The molecule has 0 aromatic rings. The van der Waals surface area contributed by atoms with E-state index in [1.807, 2.05) is 0 Å². The first kappa shape index (κ1) is 24.6. The monoisotopic (exact) mass is 386 g/mol. The Morgan fingerprint density at radius 2 is 1.48 bits per heavy atom. The van der Waals surface area contributed by atoms with Crippen LogP contribution in [0.3, 0.4) is 0 Å². The molecule has 1 fully saturated rings. The van der Waals surface area contributed by atoms with Crippen molar-refractivity contribution in [3.8, 4) is 0 Å². The molecule has 1 heterocycles. The first-order valence-electron chi connectivity index (χ1n) is 11.1. The highest BCUT2D eigenvalue weighted by molar-refractivity contribution is 4.87. The molecule has 0 amide bonds. The maximum absolute atomic E-state index is 9.98. The molecule has 1 aliphatic rings. The number of hydrogen-bond donors (Lipinski definition) is 3. The third-order valence-electron chi connectivity index (χ3n) is 5.22. The van der Waals surface area contributed by atoms with Gasteiger partial charge in [0.25, 0.3) is 0 Å². The van der Waals surface area contributed by atoms with E-state index in [-0.39, 0.29) is 13.2 Å². The standard InChI is InChI=1S/C22H42O5/c1-2-3-4-5-6-7-8-9-10-11-12-13-14-15-16-26-22-20(17-23)27-18-19(24)21(22)25/h9-10,19-25H,2-8,11-18H2,1H3/b10-9+/t19-,20+,21+,22+/m0/s1. The van der Waals surface area contributed by atoms with Gasteiger partial charge in [0.2, 0.25) is 0 Å². The van der Waals surface area contributed by atoms with Crippen LogP contribution in [0.2, 0.25) is 0 Å². The molecular formula is C22H42O5. The molecule has 0 aromatic heterocycles. The molecule has 3 N–H and O–H groups in total. The SMILES string of the molecule is CCCCCCCC/C=C/CCCCCCO[C@H]1[C@H](O)[C@@H](O)CO[C@@H]1CO. The zero-order valence-corrected chi connectivity index (χ0v) is 17.2. The van der Waals surface area contributed by atoms with Crippen molar-refractivity contribution in [2.75, 3.05) is 19.8 Å². The number of ether oxygens (including phenoxy) is 2. The molecule has 0 unspecified atom stereocenters. The summed E-state index contributed by atoms with van der Waals surface area (Å²) in [7, 11) is 0. The third kappa shape index (κ3) is 11.2. The zero-order chi connectivity index (χ0) is 19.7. The van der Waals surface area contributed by atoms with Crippen LogP contribution in [0.25, 0.3) is 0 Å². The minimum atomic E-state index is -0.993. The first-order valence-corrected chi connectivity index (χ1v) is 11.1. The number of rotatable bonds is 16. The maximum atomic E-state index is 9.98. The van der Waals surface area contributed by atoms with Crippen LogP contribution in [0.4, 0.5) is 0 Å².